The molecule has 0 atom stereocenters. The van der Waals surface area contributed by atoms with Crippen molar-refractivity contribution in [1.82, 2.24) is 10.6 Å². The Morgan fingerprint density at radius 1 is 1.40 bits per heavy atom. The molecule has 82 valence electrons. The van der Waals surface area contributed by atoms with Crippen molar-refractivity contribution in [2.45, 2.75) is 13.5 Å². The van der Waals surface area contributed by atoms with E-state index in [0.717, 1.165) is 4.88 Å². The molecule has 0 bridgehead atoms. The van der Waals surface area contributed by atoms with E-state index in [2.05, 4.69) is 10.6 Å². The quantitative estimate of drug-likeness (QED) is 0.717. The number of nitrogens with one attached hydrogen (secondary N) is 2. The molecule has 0 aliphatic carbocycles. The van der Waals surface area contributed by atoms with E-state index in [-0.39, 0.29) is 6.54 Å². The lowest BCUT2D eigenvalue weighted by molar-refractivity contribution is -0.135. The smallest absolute Gasteiger partial charge is 0.323 e. The topological polar surface area (TPSA) is 78.4 Å². The molecular formula is C9H12N2O3S. The third kappa shape index (κ3) is 4.46. The predicted molar refractivity (Wildman–Crippen MR) is 56.9 cm³/mol. The molecule has 1 rings (SSSR count). The molecule has 3 N–H and O–H groups in total. The van der Waals surface area contributed by atoms with Crippen molar-refractivity contribution in [2.24, 2.45) is 0 Å². The van der Waals surface area contributed by atoms with Gasteiger partial charge in [0.25, 0.3) is 0 Å². The van der Waals surface area contributed by atoms with Crippen molar-refractivity contribution in [3.8, 4) is 0 Å². The Balaban J connectivity index is 2.25. The SMILES string of the molecule is Cc1ccc(CNC(=O)NCC(=O)O)s1. The van der Waals surface area contributed by atoms with Gasteiger partial charge < -0.3 is 15.7 Å². The Kier molecular flexibility index (Phi) is 4.11. The van der Waals surface area contributed by atoms with Gasteiger partial charge in [-0.25, -0.2) is 4.79 Å². The van der Waals surface area contributed by atoms with E-state index in [1.165, 1.54) is 4.88 Å². The molecule has 0 aromatic carbocycles. The zero-order chi connectivity index (χ0) is 11.3. The molecule has 1 heterocycles. The van der Waals surface area contributed by atoms with Gasteiger partial charge in [0.2, 0.25) is 0 Å². The maximum absolute atomic E-state index is 11.0. The van der Waals surface area contributed by atoms with Crippen LogP contribution in [0, 0.1) is 6.92 Å². The van der Waals surface area contributed by atoms with E-state index in [1.54, 1.807) is 11.3 Å². The minimum absolute atomic E-state index is 0.366. The first-order chi connectivity index (χ1) is 7.08. The molecule has 5 nitrogen and oxygen atoms in total. The number of carbonyl (C=O) groups is 2. The molecule has 2 amide bonds. The number of carboxylic acid groups (broad SMARTS) is 1. The second kappa shape index (κ2) is 5.35. The van der Waals surface area contributed by atoms with Crippen LogP contribution >= 0.6 is 11.3 Å². The van der Waals surface area contributed by atoms with Crippen molar-refractivity contribution in [3.05, 3.63) is 21.9 Å². The highest BCUT2D eigenvalue weighted by molar-refractivity contribution is 7.11. The van der Waals surface area contributed by atoms with E-state index in [4.69, 9.17) is 5.11 Å². The fourth-order valence-corrected chi connectivity index (χ4v) is 1.80. The molecule has 0 saturated heterocycles. The maximum Gasteiger partial charge on any atom is 0.323 e. The van der Waals surface area contributed by atoms with Crippen molar-refractivity contribution >= 4 is 23.3 Å². The van der Waals surface area contributed by atoms with Crippen molar-refractivity contribution < 1.29 is 14.7 Å². The number of aryl methyl sites for hydroxylation is 1. The van der Waals surface area contributed by atoms with Gasteiger partial charge in [-0.3, -0.25) is 4.79 Å². The second-order valence-electron chi connectivity index (χ2n) is 2.94. The van der Waals surface area contributed by atoms with Crippen LogP contribution < -0.4 is 10.6 Å². The molecule has 1 aromatic rings. The van der Waals surface area contributed by atoms with Gasteiger partial charge in [-0.15, -0.1) is 11.3 Å². The summed E-state index contributed by atoms with van der Waals surface area (Å²) in [5, 5.41) is 13.1. The average Bonchev–Trinajstić information content (AvgIpc) is 2.58. The van der Waals surface area contributed by atoms with Crippen LogP contribution in [0.1, 0.15) is 9.75 Å². The number of hydrogen-bond donors (Lipinski definition) is 3. The van der Waals surface area contributed by atoms with Gasteiger partial charge in [0.05, 0.1) is 6.54 Å². The zero-order valence-corrected chi connectivity index (χ0v) is 9.06. The lowest BCUT2D eigenvalue weighted by atomic mass is 10.4. The van der Waals surface area contributed by atoms with Crippen molar-refractivity contribution in [1.29, 1.82) is 0 Å². The van der Waals surface area contributed by atoms with E-state index < -0.39 is 12.0 Å². The fraction of sp³-hybridized carbons (Fsp3) is 0.333. The highest BCUT2D eigenvalue weighted by Crippen LogP contribution is 2.14. The van der Waals surface area contributed by atoms with Gasteiger partial charge in [0.1, 0.15) is 6.54 Å². The third-order valence-electron chi connectivity index (χ3n) is 1.62. The van der Waals surface area contributed by atoms with Crippen LogP contribution in [0.2, 0.25) is 0 Å². The summed E-state index contributed by atoms with van der Waals surface area (Å²) in [6.07, 6.45) is 0. The number of rotatable bonds is 4. The highest BCUT2D eigenvalue weighted by Gasteiger charge is 2.03. The summed E-state index contributed by atoms with van der Waals surface area (Å²) in [6.45, 7) is 2.04. The van der Waals surface area contributed by atoms with E-state index in [1.807, 2.05) is 19.1 Å². The molecule has 15 heavy (non-hydrogen) atoms. The first-order valence-electron chi connectivity index (χ1n) is 4.37. The zero-order valence-electron chi connectivity index (χ0n) is 8.24. The van der Waals surface area contributed by atoms with Gasteiger partial charge in [-0.2, -0.15) is 0 Å². The standard InChI is InChI=1S/C9H12N2O3S/c1-6-2-3-7(15-6)4-10-9(14)11-5-8(12)13/h2-3H,4-5H2,1H3,(H,12,13)(H2,10,11,14). The number of carboxylic acids is 1. The molecule has 0 fully saturated rings. The number of carbonyl (C=O) groups excluding carboxylic acids is 1. The van der Waals surface area contributed by atoms with Crippen LogP contribution in [0.4, 0.5) is 4.79 Å². The van der Waals surface area contributed by atoms with Crippen LogP contribution in [0.5, 0.6) is 0 Å². The summed E-state index contributed by atoms with van der Waals surface area (Å²) >= 11 is 1.60. The van der Waals surface area contributed by atoms with E-state index >= 15 is 0 Å². The van der Waals surface area contributed by atoms with E-state index in [9.17, 15) is 9.59 Å². The molecule has 0 aliphatic rings. The van der Waals surface area contributed by atoms with Crippen LogP contribution in [0.15, 0.2) is 12.1 Å². The second-order valence-corrected chi connectivity index (χ2v) is 4.31. The Hall–Kier alpha value is -1.56. The summed E-state index contributed by atoms with van der Waals surface area (Å²) in [5.41, 5.74) is 0. The first-order valence-corrected chi connectivity index (χ1v) is 5.18. The van der Waals surface area contributed by atoms with Crippen LogP contribution in [-0.2, 0) is 11.3 Å². The summed E-state index contributed by atoms with van der Waals surface area (Å²) < 4.78 is 0. The van der Waals surface area contributed by atoms with Gasteiger partial charge in [0.15, 0.2) is 0 Å². The Bertz CT molecular complexity index is 362. The number of hydrogen-bond acceptors (Lipinski definition) is 3. The number of thiophene rings is 1. The molecule has 6 heteroatoms. The monoisotopic (exact) mass is 228 g/mol. The van der Waals surface area contributed by atoms with Crippen LogP contribution in [-0.4, -0.2) is 23.7 Å². The molecular weight excluding hydrogens is 216 g/mol. The number of urea groups is 1. The van der Waals surface area contributed by atoms with Crippen molar-refractivity contribution in [3.63, 3.8) is 0 Å². The van der Waals surface area contributed by atoms with Gasteiger partial charge >= 0.3 is 12.0 Å². The summed E-state index contributed by atoms with van der Waals surface area (Å²) in [4.78, 5) is 23.4. The van der Waals surface area contributed by atoms with Gasteiger partial charge in [-0.05, 0) is 19.1 Å². The average molecular weight is 228 g/mol. The molecule has 0 unspecified atom stereocenters. The highest BCUT2D eigenvalue weighted by atomic mass is 32.1. The summed E-state index contributed by atoms with van der Waals surface area (Å²) in [5.74, 6) is -1.06. The number of amides is 2. The molecule has 1 aromatic heterocycles. The lowest BCUT2D eigenvalue weighted by Crippen LogP contribution is -2.37. The lowest BCUT2D eigenvalue weighted by Gasteiger charge is -2.03. The first kappa shape index (κ1) is 11.5. The predicted octanol–water partition coefficient (Wildman–Crippen LogP) is 0.940. The van der Waals surface area contributed by atoms with E-state index in [0.29, 0.717) is 6.54 Å². The third-order valence-corrected chi connectivity index (χ3v) is 2.62. The van der Waals surface area contributed by atoms with Crippen LogP contribution in [0.3, 0.4) is 0 Å². The minimum atomic E-state index is -1.06. The normalized spacial score (nSPS) is 9.67. The van der Waals surface area contributed by atoms with Crippen LogP contribution in [0.25, 0.3) is 0 Å². The van der Waals surface area contributed by atoms with Gasteiger partial charge in [-0.1, -0.05) is 0 Å². The van der Waals surface area contributed by atoms with Gasteiger partial charge in [0, 0.05) is 9.75 Å². The summed E-state index contributed by atoms with van der Waals surface area (Å²) in [6, 6.07) is 3.43. The maximum atomic E-state index is 11.0. The Morgan fingerprint density at radius 3 is 2.67 bits per heavy atom. The fourth-order valence-electron chi connectivity index (χ4n) is 0.966. The molecule has 0 spiro atoms. The molecule has 0 saturated carbocycles. The summed E-state index contributed by atoms with van der Waals surface area (Å²) in [7, 11) is 0. The number of aliphatic carboxylic acids is 1. The molecule has 0 aliphatic heterocycles. The van der Waals surface area contributed by atoms with Crippen molar-refractivity contribution in [2.75, 3.05) is 6.54 Å². The Labute approximate surface area is 91.1 Å². The largest absolute Gasteiger partial charge is 0.480 e. The molecule has 0 radical (unpaired) electrons. The minimum Gasteiger partial charge on any atom is -0.480 e. The Morgan fingerprint density at radius 2 is 2.13 bits per heavy atom.